The van der Waals surface area contributed by atoms with Gasteiger partial charge >= 0.3 is 0 Å². The maximum Gasteiger partial charge on any atom is 0.266 e. The fourth-order valence-corrected chi connectivity index (χ4v) is 2.82. The normalized spacial score (nSPS) is 11.0. The number of hydrogen-bond donors (Lipinski definition) is 2. The van der Waals surface area contributed by atoms with E-state index in [1.54, 1.807) is 30.3 Å². The number of aromatic amines is 1. The minimum absolute atomic E-state index is 0.0985. The number of halogens is 2. The van der Waals surface area contributed by atoms with Gasteiger partial charge in [0.2, 0.25) is 0 Å². The van der Waals surface area contributed by atoms with Crippen LogP contribution in [-0.4, -0.2) is 23.2 Å². The zero-order valence-corrected chi connectivity index (χ0v) is 16.2. The van der Waals surface area contributed by atoms with Gasteiger partial charge in [0, 0.05) is 21.2 Å². The number of nitriles is 1. The van der Waals surface area contributed by atoms with Gasteiger partial charge in [-0.15, -0.1) is 0 Å². The number of hydrogen-bond acceptors (Lipinski definition) is 4. The summed E-state index contributed by atoms with van der Waals surface area (Å²) in [6.45, 7) is 0. The topological polar surface area (TPSA) is 90.8 Å². The van der Waals surface area contributed by atoms with Crippen molar-refractivity contribution in [2.75, 3.05) is 12.4 Å². The van der Waals surface area contributed by atoms with Crippen LogP contribution in [0.15, 0.2) is 54.2 Å². The van der Waals surface area contributed by atoms with Crippen LogP contribution in [0.25, 0.3) is 17.3 Å². The van der Waals surface area contributed by atoms with Crippen LogP contribution in [0, 0.1) is 11.3 Å². The number of ether oxygens (including phenoxy) is 1. The summed E-state index contributed by atoms with van der Waals surface area (Å²) in [7, 11) is 1.48. The first-order chi connectivity index (χ1) is 13.5. The first-order valence-electron chi connectivity index (χ1n) is 8.08. The number of H-pyrrole nitrogens is 1. The molecule has 1 heterocycles. The van der Waals surface area contributed by atoms with Crippen LogP contribution in [0.5, 0.6) is 5.75 Å². The number of carbonyl (C=O) groups is 1. The van der Waals surface area contributed by atoms with E-state index >= 15 is 0 Å². The van der Waals surface area contributed by atoms with E-state index in [0.717, 1.165) is 5.56 Å². The summed E-state index contributed by atoms with van der Waals surface area (Å²) in [5, 5.41) is 20.0. The Morgan fingerprint density at radius 1 is 1.21 bits per heavy atom. The summed E-state index contributed by atoms with van der Waals surface area (Å²) in [5.41, 5.74) is 2.34. The summed E-state index contributed by atoms with van der Waals surface area (Å²) in [6, 6.07) is 13.8. The van der Waals surface area contributed by atoms with E-state index in [1.165, 1.54) is 19.4 Å². The number of nitrogens with zero attached hydrogens (tertiary/aromatic N) is 2. The molecule has 0 fully saturated rings. The molecule has 3 aromatic rings. The molecule has 140 valence electrons. The molecule has 0 aliphatic carbocycles. The second-order valence-electron chi connectivity index (χ2n) is 5.68. The molecule has 8 heteroatoms. The lowest BCUT2D eigenvalue weighted by atomic mass is 10.1. The highest BCUT2D eigenvalue weighted by atomic mass is 35.5. The lowest BCUT2D eigenvalue weighted by Crippen LogP contribution is -2.14. The third-order valence-corrected chi connectivity index (χ3v) is 4.36. The van der Waals surface area contributed by atoms with Gasteiger partial charge in [-0.1, -0.05) is 35.3 Å². The molecule has 28 heavy (non-hydrogen) atoms. The number of benzene rings is 2. The molecule has 0 aliphatic heterocycles. The van der Waals surface area contributed by atoms with E-state index in [2.05, 4.69) is 15.5 Å². The Hall–Kier alpha value is -3.27. The average Bonchev–Trinajstić information content (AvgIpc) is 3.15. The molecule has 0 saturated heterocycles. The van der Waals surface area contributed by atoms with E-state index in [4.69, 9.17) is 27.9 Å². The number of nitrogens with one attached hydrogen (secondary N) is 2. The maximum atomic E-state index is 12.6. The summed E-state index contributed by atoms with van der Waals surface area (Å²) in [6.07, 6.45) is 2.99. The Morgan fingerprint density at radius 3 is 2.61 bits per heavy atom. The lowest BCUT2D eigenvalue weighted by molar-refractivity contribution is -0.112. The van der Waals surface area contributed by atoms with Gasteiger partial charge in [-0.25, -0.2) is 0 Å². The van der Waals surface area contributed by atoms with E-state index in [1.807, 2.05) is 18.2 Å². The lowest BCUT2D eigenvalue weighted by Gasteiger charge is -2.10. The van der Waals surface area contributed by atoms with Crippen molar-refractivity contribution < 1.29 is 9.53 Å². The summed E-state index contributed by atoms with van der Waals surface area (Å²) in [4.78, 5) is 12.6. The molecule has 3 rings (SSSR count). The van der Waals surface area contributed by atoms with Gasteiger partial charge in [0.05, 0.1) is 24.7 Å². The molecule has 0 bridgehead atoms. The molecular weight excluding hydrogens is 399 g/mol. The van der Waals surface area contributed by atoms with Gasteiger partial charge in [-0.05, 0) is 36.4 Å². The van der Waals surface area contributed by atoms with Crippen molar-refractivity contribution in [3.05, 3.63) is 69.8 Å². The molecular formula is C20H14Cl2N4O2. The molecule has 2 aromatic carbocycles. The summed E-state index contributed by atoms with van der Waals surface area (Å²) < 4.78 is 5.21. The van der Waals surface area contributed by atoms with Crippen molar-refractivity contribution >= 4 is 40.9 Å². The van der Waals surface area contributed by atoms with Crippen molar-refractivity contribution in [3.63, 3.8) is 0 Å². The molecule has 0 saturated carbocycles. The summed E-state index contributed by atoms with van der Waals surface area (Å²) in [5.74, 6) is -0.161. The first kappa shape index (κ1) is 19.5. The molecule has 0 aliphatic rings. The predicted octanol–water partition coefficient (Wildman–Crippen LogP) is 4.94. The van der Waals surface area contributed by atoms with Crippen molar-refractivity contribution in [2.24, 2.45) is 0 Å². The number of anilines is 1. The average molecular weight is 413 g/mol. The number of carbonyl (C=O) groups excluding carboxylic acids is 1. The second-order valence-corrected chi connectivity index (χ2v) is 6.55. The van der Waals surface area contributed by atoms with E-state index < -0.39 is 5.91 Å². The smallest absolute Gasteiger partial charge is 0.266 e. The van der Waals surface area contributed by atoms with E-state index in [-0.39, 0.29) is 5.57 Å². The fraction of sp³-hybridized carbons (Fsp3) is 0.0500. The zero-order chi connectivity index (χ0) is 20.1. The first-order valence-corrected chi connectivity index (χ1v) is 8.83. The second kappa shape index (κ2) is 8.61. The van der Waals surface area contributed by atoms with Gasteiger partial charge in [0.1, 0.15) is 17.4 Å². The highest BCUT2D eigenvalue weighted by molar-refractivity contribution is 6.31. The molecule has 2 N–H and O–H groups in total. The Morgan fingerprint density at radius 2 is 1.93 bits per heavy atom. The van der Waals surface area contributed by atoms with Crippen molar-refractivity contribution in [1.29, 1.82) is 5.26 Å². The molecule has 0 unspecified atom stereocenters. The van der Waals surface area contributed by atoms with Gasteiger partial charge < -0.3 is 10.1 Å². The molecule has 0 spiro atoms. The molecule has 0 atom stereocenters. The SMILES string of the molecule is COc1ccc(Cl)cc1NC(=O)/C(C#N)=C/c1cn[nH]c1-c1ccc(Cl)cc1. The standard InChI is InChI=1S/C20H14Cl2N4O2/c1-28-18-7-6-16(22)9-17(18)25-20(27)13(10-23)8-14-11-24-26-19(14)12-2-4-15(21)5-3-12/h2-9,11H,1H3,(H,24,26)(H,25,27)/b13-8+. The third-order valence-electron chi connectivity index (χ3n) is 3.88. The van der Waals surface area contributed by atoms with Crippen molar-refractivity contribution in [3.8, 4) is 23.1 Å². The quantitative estimate of drug-likeness (QED) is 0.458. The Bertz CT molecular complexity index is 1080. The van der Waals surface area contributed by atoms with Gasteiger partial charge in [0.25, 0.3) is 5.91 Å². The molecule has 1 amide bonds. The predicted molar refractivity (Wildman–Crippen MR) is 109 cm³/mol. The largest absolute Gasteiger partial charge is 0.495 e. The minimum atomic E-state index is -0.591. The Labute approximate surface area is 171 Å². The van der Waals surface area contributed by atoms with E-state index in [0.29, 0.717) is 32.7 Å². The van der Waals surface area contributed by atoms with Crippen LogP contribution >= 0.6 is 23.2 Å². The highest BCUT2D eigenvalue weighted by Crippen LogP contribution is 2.29. The number of methoxy groups -OCH3 is 1. The highest BCUT2D eigenvalue weighted by Gasteiger charge is 2.15. The molecule has 0 radical (unpaired) electrons. The third kappa shape index (κ3) is 4.34. The van der Waals surface area contributed by atoms with Crippen LogP contribution in [0.1, 0.15) is 5.56 Å². The Balaban J connectivity index is 1.90. The van der Waals surface area contributed by atoms with Crippen LogP contribution in [-0.2, 0) is 4.79 Å². The number of amides is 1. The van der Waals surface area contributed by atoms with Crippen LogP contribution < -0.4 is 10.1 Å². The van der Waals surface area contributed by atoms with Crippen LogP contribution in [0.4, 0.5) is 5.69 Å². The molecule has 1 aromatic heterocycles. The fourth-order valence-electron chi connectivity index (χ4n) is 2.52. The monoisotopic (exact) mass is 412 g/mol. The zero-order valence-electron chi connectivity index (χ0n) is 14.7. The van der Waals surface area contributed by atoms with Gasteiger partial charge in [-0.3, -0.25) is 9.89 Å². The number of rotatable bonds is 5. The van der Waals surface area contributed by atoms with Crippen LogP contribution in [0.3, 0.4) is 0 Å². The van der Waals surface area contributed by atoms with Gasteiger partial charge in [-0.2, -0.15) is 10.4 Å². The van der Waals surface area contributed by atoms with Gasteiger partial charge in [0.15, 0.2) is 0 Å². The molecule has 6 nitrogen and oxygen atoms in total. The van der Waals surface area contributed by atoms with E-state index in [9.17, 15) is 10.1 Å². The summed E-state index contributed by atoms with van der Waals surface area (Å²) >= 11 is 11.9. The number of aromatic nitrogens is 2. The Kier molecular flexibility index (Phi) is 5.99. The van der Waals surface area contributed by atoms with Crippen LogP contribution in [0.2, 0.25) is 10.0 Å². The maximum absolute atomic E-state index is 12.6. The van der Waals surface area contributed by atoms with Crippen molar-refractivity contribution in [1.82, 2.24) is 10.2 Å². The van der Waals surface area contributed by atoms with Crippen molar-refractivity contribution in [2.45, 2.75) is 0 Å². The minimum Gasteiger partial charge on any atom is -0.495 e.